The molecule has 2 aliphatic heterocycles. The van der Waals surface area contributed by atoms with Crippen LogP contribution in [0.1, 0.15) is 25.3 Å². The molecule has 0 bridgehead atoms. The molecule has 1 saturated heterocycles. The summed E-state index contributed by atoms with van der Waals surface area (Å²) in [6.45, 7) is 2.91. The number of rotatable bonds is 5. The summed E-state index contributed by atoms with van der Waals surface area (Å²) in [5.74, 6) is 0.823. The van der Waals surface area contributed by atoms with E-state index in [2.05, 4.69) is 0 Å². The predicted octanol–water partition coefficient (Wildman–Crippen LogP) is 3.10. The SMILES string of the molecule is CCCN(C(=O)/C=C/C1=Cc2cc(Cl)ccc2OC1)C1CCS(=O)(=O)C1. The fourth-order valence-electron chi connectivity index (χ4n) is 3.27. The summed E-state index contributed by atoms with van der Waals surface area (Å²) in [6.07, 6.45) is 6.48. The van der Waals surface area contributed by atoms with E-state index in [1.807, 2.05) is 25.1 Å². The maximum atomic E-state index is 12.6. The van der Waals surface area contributed by atoms with Crippen LogP contribution in [0.25, 0.3) is 6.08 Å². The molecule has 2 aliphatic rings. The van der Waals surface area contributed by atoms with Crippen LogP contribution in [0.5, 0.6) is 5.75 Å². The number of carbonyl (C=O) groups excluding carboxylic acids is 1. The molecule has 1 atom stereocenters. The minimum absolute atomic E-state index is 0.0598. The van der Waals surface area contributed by atoms with Crippen molar-refractivity contribution in [2.24, 2.45) is 0 Å². The average molecular weight is 396 g/mol. The number of carbonyl (C=O) groups is 1. The molecule has 0 N–H and O–H groups in total. The van der Waals surface area contributed by atoms with Crippen LogP contribution in [0, 0.1) is 0 Å². The number of hydrogen-bond acceptors (Lipinski definition) is 4. The highest BCUT2D eigenvalue weighted by atomic mass is 35.5. The van der Waals surface area contributed by atoms with Crippen molar-refractivity contribution in [3.63, 3.8) is 0 Å². The van der Waals surface area contributed by atoms with Crippen molar-refractivity contribution >= 4 is 33.4 Å². The summed E-state index contributed by atoms with van der Waals surface area (Å²) in [5, 5.41) is 0.626. The van der Waals surface area contributed by atoms with E-state index in [9.17, 15) is 13.2 Å². The van der Waals surface area contributed by atoms with Gasteiger partial charge in [0.1, 0.15) is 12.4 Å². The van der Waals surface area contributed by atoms with Gasteiger partial charge in [-0.1, -0.05) is 24.6 Å². The second kappa shape index (κ2) is 7.84. The van der Waals surface area contributed by atoms with Gasteiger partial charge in [-0.25, -0.2) is 8.42 Å². The van der Waals surface area contributed by atoms with E-state index >= 15 is 0 Å². The van der Waals surface area contributed by atoms with Crippen molar-refractivity contribution in [2.75, 3.05) is 24.7 Å². The Morgan fingerprint density at radius 1 is 1.42 bits per heavy atom. The standard InChI is InChI=1S/C19H22ClNO4S/c1-2-8-21(17-7-9-26(23,24)13-17)19(22)6-3-14-10-15-11-16(20)4-5-18(15)25-12-14/h3-6,10-11,17H,2,7-9,12-13H2,1H3/b6-3+. The van der Waals surface area contributed by atoms with Crippen molar-refractivity contribution in [3.8, 4) is 5.75 Å². The minimum Gasteiger partial charge on any atom is -0.488 e. The quantitative estimate of drug-likeness (QED) is 0.718. The number of halogens is 1. The average Bonchev–Trinajstić information content (AvgIpc) is 2.96. The van der Waals surface area contributed by atoms with Gasteiger partial charge in [-0.3, -0.25) is 4.79 Å². The van der Waals surface area contributed by atoms with Crippen molar-refractivity contribution in [2.45, 2.75) is 25.8 Å². The molecule has 7 heteroatoms. The Kier molecular flexibility index (Phi) is 5.73. The monoisotopic (exact) mass is 395 g/mol. The van der Waals surface area contributed by atoms with Gasteiger partial charge >= 0.3 is 0 Å². The molecule has 0 spiro atoms. The Labute approximate surface area is 159 Å². The number of hydrogen-bond donors (Lipinski definition) is 0. The fourth-order valence-corrected chi connectivity index (χ4v) is 5.18. The summed E-state index contributed by atoms with van der Waals surface area (Å²) < 4.78 is 29.1. The van der Waals surface area contributed by atoms with E-state index in [0.717, 1.165) is 23.3 Å². The first-order valence-corrected chi connectivity index (χ1v) is 10.9. The van der Waals surface area contributed by atoms with E-state index < -0.39 is 9.84 Å². The molecule has 140 valence electrons. The van der Waals surface area contributed by atoms with Gasteiger partial charge in [-0.2, -0.15) is 0 Å². The van der Waals surface area contributed by atoms with Gasteiger partial charge in [0.15, 0.2) is 9.84 Å². The predicted molar refractivity (Wildman–Crippen MR) is 103 cm³/mol. The molecule has 3 rings (SSSR count). The van der Waals surface area contributed by atoms with Gasteiger partial charge in [-0.05, 0) is 42.7 Å². The number of ether oxygens (including phenoxy) is 1. The molecule has 0 aliphatic carbocycles. The van der Waals surface area contributed by atoms with Crippen molar-refractivity contribution in [3.05, 3.63) is 46.5 Å². The van der Waals surface area contributed by atoms with E-state index in [1.54, 1.807) is 17.0 Å². The second-order valence-corrected chi connectivity index (χ2v) is 9.28. The first-order valence-electron chi connectivity index (χ1n) is 8.70. The van der Waals surface area contributed by atoms with Gasteiger partial charge in [-0.15, -0.1) is 0 Å². The Hall–Kier alpha value is -1.79. The molecule has 2 heterocycles. The Balaban J connectivity index is 1.73. The maximum Gasteiger partial charge on any atom is 0.246 e. The van der Waals surface area contributed by atoms with Crippen molar-refractivity contribution in [1.82, 2.24) is 4.90 Å². The third-order valence-corrected chi connectivity index (χ3v) is 6.53. The van der Waals surface area contributed by atoms with Crippen LogP contribution in [-0.4, -0.2) is 49.9 Å². The Morgan fingerprint density at radius 2 is 2.23 bits per heavy atom. The first-order chi connectivity index (χ1) is 12.4. The number of amides is 1. The summed E-state index contributed by atoms with van der Waals surface area (Å²) >= 11 is 6.01. The molecule has 0 saturated carbocycles. The van der Waals surface area contributed by atoms with Crippen molar-refractivity contribution < 1.29 is 17.9 Å². The summed E-state index contributed by atoms with van der Waals surface area (Å²) in [5.41, 5.74) is 1.74. The van der Waals surface area contributed by atoms with Crippen LogP contribution in [0.15, 0.2) is 35.9 Å². The highest BCUT2D eigenvalue weighted by molar-refractivity contribution is 7.91. The van der Waals surface area contributed by atoms with E-state index in [-0.39, 0.29) is 23.5 Å². The number of nitrogens with zero attached hydrogens (tertiary/aromatic N) is 1. The van der Waals surface area contributed by atoms with Gasteiger partial charge in [0.25, 0.3) is 0 Å². The number of fused-ring (bicyclic) bond motifs is 1. The zero-order valence-electron chi connectivity index (χ0n) is 14.7. The van der Waals surface area contributed by atoms with Crippen LogP contribution < -0.4 is 4.74 Å². The van der Waals surface area contributed by atoms with Gasteiger partial charge < -0.3 is 9.64 Å². The lowest BCUT2D eigenvalue weighted by molar-refractivity contribution is -0.127. The van der Waals surface area contributed by atoms with Crippen molar-refractivity contribution in [1.29, 1.82) is 0 Å². The Bertz CT molecular complexity index is 860. The molecule has 0 aromatic heterocycles. The summed E-state index contributed by atoms with van der Waals surface area (Å²) in [4.78, 5) is 14.3. The molecular weight excluding hydrogens is 374 g/mol. The molecule has 1 aromatic carbocycles. The normalized spacial score (nSPS) is 21.2. The zero-order chi connectivity index (χ0) is 18.7. The third-order valence-electron chi connectivity index (χ3n) is 4.54. The summed E-state index contributed by atoms with van der Waals surface area (Å²) in [7, 11) is -3.03. The zero-order valence-corrected chi connectivity index (χ0v) is 16.2. The maximum absolute atomic E-state index is 12.6. The highest BCUT2D eigenvalue weighted by Gasteiger charge is 2.33. The minimum atomic E-state index is -3.03. The molecule has 1 unspecified atom stereocenters. The highest BCUT2D eigenvalue weighted by Crippen LogP contribution is 2.29. The van der Waals surface area contributed by atoms with Crippen LogP contribution in [-0.2, 0) is 14.6 Å². The molecule has 26 heavy (non-hydrogen) atoms. The van der Waals surface area contributed by atoms with Crippen LogP contribution in [0.4, 0.5) is 0 Å². The van der Waals surface area contributed by atoms with Crippen LogP contribution in [0.3, 0.4) is 0 Å². The van der Waals surface area contributed by atoms with E-state index in [1.165, 1.54) is 6.08 Å². The molecule has 1 aromatic rings. The van der Waals surface area contributed by atoms with Gasteiger partial charge in [0, 0.05) is 29.2 Å². The van der Waals surface area contributed by atoms with E-state index in [0.29, 0.717) is 24.6 Å². The number of benzene rings is 1. The summed E-state index contributed by atoms with van der Waals surface area (Å²) in [6, 6.07) is 5.19. The first kappa shape index (κ1) is 19.0. The molecule has 5 nitrogen and oxygen atoms in total. The molecule has 1 fully saturated rings. The smallest absolute Gasteiger partial charge is 0.246 e. The topological polar surface area (TPSA) is 63.7 Å². The molecule has 0 radical (unpaired) electrons. The number of sulfone groups is 1. The largest absolute Gasteiger partial charge is 0.488 e. The van der Waals surface area contributed by atoms with Crippen LogP contribution in [0.2, 0.25) is 5.02 Å². The van der Waals surface area contributed by atoms with Crippen LogP contribution >= 0.6 is 11.6 Å². The van der Waals surface area contributed by atoms with Gasteiger partial charge in [0.05, 0.1) is 11.5 Å². The fraction of sp³-hybridized carbons (Fsp3) is 0.421. The lowest BCUT2D eigenvalue weighted by Gasteiger charge is -2.26. The molecular formula is C19H22ClNO4S. The van der Waals surface area contributed by atoms with Gasteiger partial charge in [0.2, 0.25) is 5.91 Å². The molecule has 1 amide bonds. The second-order valence-electron chi connectivity index (χ2n) is 6.61. The lowest BCUT2D eigenvalue weighted by Crippen LogP contribution is -2.40. The lowest BCUT2D eigenvalue weighted by atomic mass is 10.1. The Morgan fingerprint density at radius 3 is 2.92 bits per heavy atom. The van der Waals surface area contributed by atoms with E-state index in [4.69, 9.17) is 16.3 Å². The third kappa shape index (κ3) is 4.48.